The molecule has 0 radical (unpaired) electrons. The summed E-state index contributed by atoms with van der Waals surface area (Å²) in [5.41, 5.74) is -0.789. The van der Waals surface area contributed by atoms with E-state index in [1.165, 1.54) is 4.74 Å². The van der Waals surface area contributed by atoms with E-state index in [-0.39, 0.29) is 12.3 Å². The molecule has 0 amide bonds. The second-order valence-corrected chi connectivity index (χ2v) is 10.8. The van der Waals surface area contributed by atoms with Gasteiger partial charge in [0, 0.05) is 0 Å². The van der Waals surface area contributed by atoms with Crippen molar-refractivity contribution in [3.63, 3.8) is 0 Å². The van der Waals surface area contributed by atoms with Crippen molar-refractivity contribution < 1.29 is 102 Å². The number of alkyl halides is 19. The van der Waals surface area contributed by atoms with Crippen molar-refractivity contribution >= 4 is 5.97 Å². The highest BCUT2D eigenvalue weighted by Crippen LogP contribution is 2.61. The fraction of sp³-hybridized carbons (Fsp3) is 0.958. The first-order chi connectivity index (χ1) is 20.5. The van der Waals surface area contributed by atoms with Crippen LogP contribution in [0.2, 0.25) is 0 Å². The second kappa shape index (κ2) is 14.1. The quantitative estimate of drug-likeness (QED) is 0.0977. The SMILES string of the molecule is CCC(C)CC(C(=O)OCCC(F)(F)OC(F)(F)C(F)(F)OC(F)(F)C(F)(F)C(F)(F)C(F)(F)C(F)(F)C(F)(F)F)C(C)(CC)CC. The lowest BCUT2D eigenvalue weighted by Gasteiger charge is -2.40. The molecule has 0 aliphatic carbocycles. The van der Waals surface area contributed by atoms with E-state index in [4.69, 9.17) is 0 Å². The fourth-order valence-electron chi connectivity index (χ4n) is 3.69. The van der Waals surface area contributed by atoms with Gasteiger partial charge in [-0.25, -0.2) is 9.47 Å². The predicted octanol–water partition coefficient (Wildman–Crippen LogP) is 10.3. The first-order valence-corrected chi connectivity index (χ1v) is 13.2. The first kappa shape index (κ1) is 45.1. The molecule has 0 saturated carbocycles. The van der Waals surface area contributed by atoms with Crippen molar-refractivity contribution in [1.82, 2.24) is 0 Å². The Bertz CT molecular complexity index is 1040. The molecule has 0 aromatic heterocycles. The van der Waals surface area contributed by atoms with Gasteiger partial charge in [-0.3, -0.25) is 4.79 Å². The van der Waals surface area contributed by atoms with Crippen LogP contribution >= 0.6 is 0 Å². The van der Waals surface area contributed by atoms with E-state index in [0.717, 1.165) is 0 Å². The van der Waals surface area contributed by atoms with Crippen molar-refractivity contribution in [3.8, 4) is 0 Å². The summed E-state index contributed by atoms with van der Waals surface area (Å²) < 4.78 is 261. The van der Waals surface area contributed by atoms with Crippen molar-refractivity contribution in [2.45, 2.75) is 121 Å². The third kappa shape index (κ3) is 9.00. The molecule has 47 heavy (non-hydrogen) atoms. The predicted molar refractivity (Wildman–Crippen MR) is 120 cm³/mol. The topological polar surface area (TPSA) is 44.8 Å². The van der Waals surface area contributed by atoms with Crippen LogP contribution in [-0.2, 0) is 19.0 Å². The zero-order chi connectivity index (χ0) is 38.1. The zero-order valence-electron chi connectivity index (χ0n) is 24.7. The Morgan fingerprint density at radius 3 is 1.38 bits per heavy atom. The van der Waals surface area contributed by atoms with Gasteiger partial charge in [0.15, 0.2) is 0 Å². The molecule has 282 valence electrons. The summed E-state index contributed by atoms with van der Waals surface area (Å²) >= 11 is 0. The molecule has 0 aliphatic rings. The molecule has 0 fully saturated rings. The lowest BCUT2D eigenvalue weighted by molar-refractivity contribution is -0.544. The highest BCUT2D eigenvalue weighted by Gasteiger charge is 2.92. The van der Waals surface area contributed by atoms with Crippen LogP contribution in [0.4, 0.5) is 83.4 Å². The van der Waals surface area contributed by atoms with Gasteiger partial charge < -0.3 is 4.74 Å². The summed E-state index contributed by atoms with van der Waals surface area (Å²) in [7, 11) is 0. The first-order valence-electron chi connectivity index (χ1n) is 13.2. The van der Waals surface area contributed by atoms with Crippen molar-refractivity contribution in [2.75, 3.05) is 6.61 Å². The van der Waals surface area contributed by atoms with Crippen molar-refractivity contribution in [3.05, 3.63) is 0 Å². The number of esters is 1. The van der Waals surface area contributed by atoms with Crippen molar-refractivity contribution in [2.24, 2.45) is 17.3 Å². The molecule has 0 aliphatic heterocycles. The Labute approximate surface area is 254 Å². The van der Waals surface area contributed by atoms with Crippen LogP contribution in [-0.4, -0.2) is 66.9 Å². The van der Waals surface area contributed by atoms with Crippen LogP contribution in [0.25, 0.3) is 0 Å². The monoisotopic (exact) mass is 742 g/mol. The number of rotatable bonds is 19. The molecular formula is C24H29F19O4. The van der Waals surface area contributed by atoms with Crippen LogP contribution in [0, 0.1) is 17.3 Å². The van der Waals surface area contributed by atoms with Gasteiger partial charge >= 0.3 is 60.3 Å². The zero-order valence-corrected chi connectivity index (χ0v) is 24.7. The number of halogens is 19. The van der Waals surface area contributed by atoms with Gasteiger partial charge in [-0.2, -0.15) is 83.4 Å². The van der Waals surface area contributed by atoms with Gasteiger partial charge in [0.2, 0.25) is 0 Å². The van der Waals surface area contributed by atoms with E-state index in [1.54, 1.807) is 34.6 Å². The molecule has 0 heterocycles. The normalized spacial score (nSPS) is 16.7. The smallest absolute Gasteiger partial charge is 0.460 e. The molecule has 0 saturated heterocycles. The van der Waals surface area contributed by atoms with Crippen LogP contribution < -0.4 is 0 Å². The largest absolute Gasteiger partial charge is 0.465 e. The highest BCUT2D eigenvalue weighted by molar-refractivity contribution is 5.73. The van der Waals surface area contributed by atoms with E-state index >= 15 is 0 Å². The van der Waals surface area contributed by atoms with E-state index in [9.17, 15) is 88.2 Å². The summed E-state index contributed by atoms with van der Waals surface area (Å²) in [6.45, 7) is 6.80. The summed E-state index contributed by atoms with van der Waals surface area (Å²) in [6, 6.07) is 0. The molecule has 0 rings (SSSR count). The Hall–Kier alpha value is -1.94. The van der Waals surface area contributed by atoms with Gasteiger partial charge in [-0.05, 0) is 30.6 Å². The van der Waals surface area contributed by atoms with Gasteiger partial charge in [0.25, 0.3) is 0 Å². The lowest BCUT2D eigenvalue weighted by atomic mass is 9.69. The number of carbonyl (C=O) groups excluding carboxylic acids is 1. The van der Waals surface area contributed by atoms with Gasteiger partial charge in [0.1, 0.15) is 0 Å². The Morgan fingerprint density at radius 2 is 1.00 bits per heavy atom. The Kier molecular flexibility index (Phi) is 13.5. The number of hydrogen-bond donors (Lipinski definition) is 0. The standard InChI is InChI=1S/C24H29F19O4/c1-6-12(4)11-13(15(5,7-2)8-3)14(44)45-10-9-16(25,26)46-23(40,41)24(42,43)47-22(38,39)20(33,34)18(29,30)17(27,28)19(31,32)21(35,36)37/h12-13H,6-11H2,1-5H3. The molecule has 0 aromatic carbocycles. The van der Waals surface area contributed by atoms with Crippen LogP contribution in [0.3, 0.4) is 0 Å². The average Bonchev–Trinajstić information content (AvgIpc) is 2.88. The molecule has 23 heteroatoms. The maximum Gasteiger partial charge on any atom is 0.460 e. The number of hydrogen-bond acceptors (Lipinski definition) is 4. The minimum Gasteiger partial charge on any atom is -0.465 e. The Balaban J connectivity index is 6.04. The minimum atomic E-state index is -8.71. The molecule has 0 aromatic rings. The maximum absolute atomic E-state index is 14.0. The molecule has 0 bridgehead atoms. The molecular weight excluding hydrogens is 713 g/mol. The Morgan fingerprint density at radius 1 is 0.596 bits per heavy atom. The summed E-state index contributed by atoms with van der Waals surface area (Å²) in [5, 5.41) is 0. The van der Waals surface area contributed by atoms with Gasteiger partial charge in [-0.1, -0.05) is 41.0 Å². The molecule has 2 atom stereocenters. The van der Waals surface area contributed by atoms with Crippen LogP contribution in [0.1, 0.15) is 66.7 Å². The second-order valence-electron chi connectivity index (χ2n) is 10.8. The molecule has 4 nitrogen and oxygen atoms in total. The van der Waals surface area contributed by atoms with Crippen molar-refractivity contribution in [1.29, 1.82) is 0 Å². The molecule has 0 spiro atoms. The molecule has 2 unspecified atom stereocenters. The van der Waals surface area contributed by atoms with E-state index in [2.05, 4.69) is 9.47 Å². The molecule has 0 N–H and O–H groups in total. The third-order valence-electron chi connectivity index (χ3n) is 7.49. The van der Waals surface area contributed by atoms with E-state index < -0.39 is 84.6 Å². The van der Waals surface area contributed by atoms with Crippen LogP contribution in [0.5, 0.6) is 0 Å². The minimum absolute atomic E-state index is 0.131. The van der Waals surface area contributed by atoms with Gasteiger partial charge in [-0.15, -0.1) is 0 Å². The number of ether oxygens (including phenoxy) is 3. The summed E-state index contributed by atoms with van der Waals surface area (Å²) in [5.74, 6) is -36.5. The lowest BCUT2D eigenvalue weighted by Crippen LogP contribution is -2.71. The maximum atomic E-state index is 14.0. The van der Waals surface area contributed by atoms with Gasteiger partial charge in [0.05, 0.1) is 18.9 Å². The van der Waals surface area contributed by atoms with E-state index in [1.807, 2.05) is 0 Å². The number of carbonyl (C=O) groups is 1. The third-order valence-corrected chi connectivity index (χ3v) is 7.49. The van der Waals surface area contributed by atoms with Crippen LogP contribution in [0.15, 0.2) is 0 Å². The fourth-order valence-corrected chi connectivity index (χ4v) is 3.69. The van der Waals surface area contributed by atoms with E-state index in [0.29, 0.717) is 19.3 Å². The highest BCUT2D eigenvalue weighted by atomic mass is 19.4. The summed E-state index contributed by atoms with van der Waals surface area (Å²) in [6.07, 6.45) is -37.6. The average molecular weight is 742 g/mol. The summed E-state index contributed by atoms with van der Waals surface area (Å²) in [4.78, 5) is 12.6.